The van der Waals surface area contributed by atoms with Crippen LogP contribution in [-0.2, 0) is 11.3 Å². The smallest absolute Gasteiger partial charge is 0.420 e. The van der Waals surface area contributed by atoms with Gasteiger partial charge in [0.1, 0.15) is 17.3 Å². The summed E-state index contributed by atoms with van der Waals surface area (Å²) in [6.45, 7) is 1.43. The number of pyridine rings is 1. The molecule has 214 valence electrons. The third kappa shape index (κ3) is 4.31. The van der Waals surface area contributed by atoms with E-state index in [2.05, 4.69) is 15.0 Å². The van der Waals surface area contributed by atoms with Crippen molar-refractivity contribution in [1.29, 1.82) is 0 Å². The highest BCUT2D eigenvalue weighted by molar-refractivity contribution is 5.99. The van der Waals surface area contributed by atoms with Gasteiger partial charge in [-0.1, -0.05) is 0 Å². The molecule has 2 aliphatic rings. The van der Waals surface area contributed by atoms with Crippen molar-refractivity contribution in [2.45, 2.75) is 38.3 Å². The quantitative estimate of drug-likeness (QED) is 0.367. The van der Waals surface area contributed by atoms with Crippen LogP contribution in [0.3, 0.4) is 0 Å². The summed E-state index contributed by atoms with van der Waals surface area (Å²) in [5.41, 5.74) is -1.69. The van der Waals surface area contributed by atoms with E-state index in [9.17, 15) is 31.9 Å². The number of hydrogen-bond donors (Lipinski definition) is 1. The van der Waals surface area contributed by atoms with Gasteiger partial charge in [-0.3, -0.25) is 9.69 Å². The van der Waals surface area contributed by atoms with E-state index in [1.54, 1.807) is 6.92 Å². The Kier molecular flexibility index (Phi) is 5.92. The van der Waals surface area contributed by atoms with Crippen LogP contribution in [-0.4, -0.2) is 61.3 Å². The van der Waals surface area contributed by atoms with Gasteiger partial charge in [0.2, 0.25) is 5.95 Å². The molecule has 1 atom stereocenters. The van der Waals surface area contributed by atoms with Crippen molar-refractivity contribution in [2.75, 3.05) is 22.9 Å². The summed E-state index contributed by atoms with van der Waals surface area (Å²) in [6, 6.07) is 2.79. The molecule has 1 aromatic carbocycles. The number of fused-ring (bicyclic) bond motifs is 2. The summed E-state index contributed by atoms with van der Waals surface area (Å²) < 4.78 is 89.4. The van der Waals surface area contributed by atoms with Crippen LogP contribution in [0.15, 0.2) is 36.8 Å². The average molecular weight is 578 g/mol. The largest absolute Gasteiger partial charge is 0.476 e. The number of anilines is 2. The van der Waals surface area contributed by atoms with Crippen LogP contribution in [0.4, 0.5) is 38.0 Å². The Morgan fingerprint density at radius 3 is 2.44 bits per heavy atom. The van der Waals surface area contributed by atoms with Gasteiger partial charge in [-0.25, -0.2) is 28.1 Å². The van der Waals surface area contributed by atoms with Gasteiger partial charge in [0.15, 0.2) is 23.3 Å². The number of hydrogen-bond acceptors (Lipinski definition) is 7. The molecule has 0 aliphatic carbocycles. The number of ether oxygens (including phenoxy) is 1. The van der Waals surface area contributed by atoms with Gasteiger partial charge < -0.3 is 19.1 Å². The molecule has 1 saturated heterocycles. The Morgan fingerprint density at radius 2 is 1.78 bits per heavy atom. The van der Waals surface area contributed by atoms with Crippen molar-refractivity contribution >= 4 is 23.2 Å². The minimum atomic E-state index is -4.79. The number of β-amino-alcohol motifs (C(OH)–C–C–N with tert-alkyl or cyclic N) is 1. The highest BCUT2D eigenvalue weighted by Crippen LogP contribution is 2.40. The van der Waals surface area contributed by atoms with Crippen LogP contribution in [0.25, 0.3) is 16.8 Å². The minimum absolute atomic E-state index is 0.0252. The lowest BCUT2D eigenvalue weighted by Crippen LogP contribution is -2.69. The number of rotatable bonds is 4. The summed E-state index contributed by atoms with van der Waals surface area (Å²) in [6.07, 6.45) is -1.99. The van der Waals surface area contributed by atoms with Crippen molar-refractivity contribution in [1.82, 2.24) is 19.4 Å². The van der Waals surface area contributed by atoms with Crippen LogP contribution < -0.4 is 14.5 Å². The van der Waals surface area contributed by atoms with Crippen LogP contribution in [0, 0.1) is 24.4 Å². The Morgan fingerprint density at radius 1 is 1.10 bits per heavy atom. The molecular formula is C26H20F6N6O3. The molecule has 0 radical (unpaired) electrons. The molecule has 5 heterocycles. The van der Waals surface area contributed by atoms with Gasteiger partial charge >= 0.3 is 6.18 Å². The zero-order chi connectivity index (χ0) is 29.4. The maximum Gasteiger partial charge on any atom is 0.420 e. The van der Waals surface area contributed by atoms with Crippen molar-refractivity contribution in [3.8, 4) is 16.9 Å². The lowest BCUT2D eigenvalue weighted by Gasteiger charge is -2.46. The predicted molar refractivity (Wildman–Crippen MR) is 132 cm³/mol. The van der Waals surface area contributed by atoms with E-state index in [1.165, 1.54) is 34.8 Å². The number of amides is 1. The SMILES string of the molecule is Cc1nc2cc(F)c(-c3cnc(N4CC(O)(C(F)(F)F)C4)nc3)cn2c1CN1C(=O)[C@H](C)Oc2c(F)cc(F)cc21. The lowest BCUT2D eigenvalue weighted by molar-refractivity contribution is -0.267. The molecule has 15 heteroatoms. The number of alkyl halides is 3. The summed E-state index contributed by atoms with van der Waals surface area (Å²) >= 11 is 0. The fourth-order valence-corrected chi connectivity index (χ4v) is 4.91. The maximum atomic E-state index is 15.1. The number of imidazole rings is 1. The van der Waals surface area contributed by atoms with Crippen LogP contribution in [0.2, 0.25) is 0 Å². The number of halogens is 6. The molecule has 9 nitrogen and oxygen atoms in total. The molecule has 1 fully saturated rings. The second-order valence-electron chi connectivity index (χ2n) is 9.98. The topological polar surface area (TPSA) is 96.1 Å². The van der Waals surface area contributed by atoms with Gasteiger partial charge in [0.25, 0.3) is 5.91 Å². The number of carbonyl (C=O) groups excluding carboxylic acids is 1. The van der Waals surface area contributed by atoms with E-state index in [0.717, 1.165) is 17.0 Å². The highest BCUT2D eigenvalue weighted by Gasteiger charge is 2.61. The standard InChI is InChI=1S/C26H20F6N6O3/c1-12-20(9-38-19-4-15(27)3-18(29)22(19)41-13(2)23(38)39)37-8-16(17(28)5-21(37)35-12)14-6-33-24(34-7-14)36-10-25(40,11-36)26(30,31)32/h3-8,13,40H,9-11H2,1-2H3/t13-/m0/s1. The fraction of sp³-hybridized carbons (Fsp3) is 0.308. The maximum absolute atomic E-state index is 15.1. The minimum Gasteiger partial charge on any atom is -0.476 e. The number of carbonyl (C=O) groups is 1. The highest BCUT2D eigenvalue weighted by atomic mass is 19.4. The van der Waals surface area contributed by atoms with E-state index >= 15 is 4.39 Å². The van der Waals surface area contributed by atoms with Crippen molar-refractivity contribution in [3.05, 3.63) is 65.6 Å². The summed E-state index contributed by atoms with van der Waals surface area (Å²) in [5, 5.41) is 9.66. The monoisotopic (exact) mass is 578 g/mol. The Hall–Kier alpha value is -4.40. The molecule has 3 aromatic heterocycles. The van der Waals surface area contributed by atoms with Crippen molar-refractivity contribution in [2.24, 2.45) is 0 Å². The summed E-state index contributed by atoms with van der Waals surface area (Å²) in [7, 11) is 0. The molecule has 41 heavy (non-hydrogen) atoms. The van der Waals surface area contributed by atoms with Gasteiger partial charge in [-0.05, 0) is 13.8 Å². The second kappa shape index (κ2) is 9.06. The van der Waals surface area contributed by atoms with Gasteiger partial charge in [-0.15, -0.1) is 0 Å². The molecule has 2 aliphatic heterocycles. The average Bonchev–Trinajstić information content (AvgIpc) is 3.17. The third-order valence-electron chi connectivity index (χ3n) is 7.17. The third-order valence-corrected chi connectivity index (χ3v) is 7.17. The first-order valence-corrected chi connectivity index (χ1v) is 12.3. The molecule has 0 unspecified atom stereocenters. The zero-order valence-electron chi connectivity index (χ0n) is 21.4. The van der Waals surface area contributed by atoms with E-state index < -0.39 is 54.3 Å². The van der Waals surface area contributed by atoms with Gasteiger partial charge in [0, 0.05) is 47.9 Å². The van der Waals surface area contributed by atoms with Crippen molar-refractivity contribution < 1.29 is 41.0 Å². The predicted octanol–water partition coefficient (Wildman–Crippen LogP) is 3.94. The fourth-order valence-electron chi connectivity index (χ4n) is 4.91. The Bertz CT molecular complexity index is 1700. The van der Waals surface area contributed by atoms with Gasteiger partial charge in [0.05, 0.1) is 36.7 Å². The number of aromatic nitrogens is 4. The first-order valence-electron chi connectivity index (χ1n) is 12.3. The number of aliphatic hydroxyl groups is 1. The van der Waals surface area contributed by atoms with Crippen LogP contribution in [0.5, 0.6) is 5.75 Å². The van der Waals surface area contributed by atoms with Crippen LogP contribution in [0.1, 0.15) is 18.3 Å². The molecule has 6 rings (SSSR count). The Labute approximate surface area is 227 Å². The molecular weight excluding hydrogens is 558 g/mol. The van der Waals surface area contributed by atoms with E-state index in [0.29, 0.717) is 17.5 Å². The van der Waals surface area contributed by atoms with Crippen molar-refractivity contribution in [3.63, 3.8) is 0 Å². The van der Waals surface area contributed by atoms with E-state index in [-0.39, 0.29) is 40.7 Å². The summed E-state index contributed by atoms with van der Waals surface area (Å²) in [5.74, 6) is -3.45. The molecule has 1 amide bonds. The number of aryl methyl sites for hydroxylation is 1. The molecule has 0 saturated carbocycles. The summed E-state index contributed by atoms with van der Waals surface area (Å²) in [4.78, 5) is 27.7. The zero-order valence-corrected chi connectivity index (χ0v) is 21.4. The number of benzene rings is 1. The van der Waals surface area contributed by atoms with E-state index in [1.807, 2.05) is 0 Å². The second-order valence-corrected chi connectivity index (χ2v) is 9.98. The molecule has 0 spiro atoms. The number of nitrogens with zero attached hydrogens (tertiary/aromatic N) is 6. The normalized spacial score (nSPS) is 18.4. The first-order chi connectivity index (χ1) is 19.3. The first kappa shape index (κ1) is 26.8. The lowest BCUT2D eigenvalue weighted by atomic mass is 9.94. The molecule has 0 bridgehead atoms. The molecule has 1 N–H and O–H groups in total. The Balaban J connectivity index is 1.33. The van der Waals surface area contributed by atoms with E-state index in [4.69, 9.17) is 4.74 Å². The van der Waals surface area contributed by atoms with Gasteiger partial charge in [-0.2, -0.15) is 13.2 Å². The van der Waals surface area contributed by atoms with Crippen LogP contribution >= 0.6 is 0 Å². The molecule has 4 aromatic rings.